The Balaban J connectivity index is 3.30. The average Bonchev–Trinajstić information content (AvgIpc) is 1.66. The van der Waals surface area contributed by atoms with Gasteiger partial charge in [-0.25, -0.2) is 0 Å². The maximum atomic E-state index is 2.22. The Kier molecular flexibility index (Phi) is 5.49. The van der Waals surface area contributed by atoms with Crippen molar-refractivity contribution in [2.24, 2.45) is 0 Å². The summed E-state index contributed by atoms with van der Waals surface area (Å²) < 4.78 is 2.04. The SMILES string of the molecule is CC(C)=CCC=CI. The maximum Gasteiger partial charge on any atom is -0.0159 e. The summed E-state index contributed by atoms with van der Waals surface area (Å²) in [6.45, 7) is 4.22. The molecule has 0 aromatic heterocycles. The fourth-order valence-corrected chi connectivity index (χ4v) is 0.649. The fourth-order valence-electron chi connectivity index (χ4n) is 0.355. The van der Waals surface area contributed by atoms with Gasteiger partial charge in [-0.05, 0) is 24.4 Å². The molecule has 0 atom stereocenters. The highest BCUT2D eigenvalue weighted by molar-refractivity contribution is 14.1. The molecule has 0 aromatic carbocycles. The van der Waals surface area contributed by atoms with Crippen molar-refractivity contribution in [2.45, 2.75) is 20.3 Å². The molecular weight excluding hydrogens is 211 g/mol. The van der Waals surface area contributed by atoms with Crippen molar-refractivity contribution in [1.82, 2.24) is 0 Å². The highest BCUT2D eigenvalue weighted by Gasteiger charge is 1.71. The van der Waals surface area contributed by atoms with Crippen LogP contribution in [0.25, 0.3) is 0 Å². The molecule has 0 amide bonds. The van der Waals surface area contributed by atoms with Gasteiger partial charge in [-0.15, -0.1) is 0 Å². The van der Waals surface area contributed by atoms with Gasteiger partial charge in [0.1, 0.15) is 0 Å². The van der Waals surface area contributed by atoms with E-state index in [1.807, 2.05) is 4.08 Å². The van der Waals surface area contributed by atoms with Gasteiger partial charge in [0.05, 0.1) is 0 Å². The summed E-state index contributed by atoms with van der Waals surface area (Å²) in [6, 6.07) is 0. The van der Waals surface area contributed by atoms with Crippen molar-refractivity contribution in [3.8, 4) is 0 Å². The number of hydrogen-bond donors (Lipinski definition) is 0. The lowest BCUT2D eigenvalue weighted by Crippen LogP contribution is -1.61. The molecular formula is C7H11I. The van der Waals surface area contributed by atoms with Crippen molar-refractivity contribution in [3.63, 3.8) is 0 Å². The zero-order chi connectivity index (χ0) is 6.41. The number of hydrogen-bond acceptors (Lipinski definition) is 0. The van der Waals surface area contributed by atoms with Crippen LogP contribution >= 0.6 is 22.6 Å². The third-order valence-corrected chi connectivity index (χ3v) is 1.26. The van der Waals surface area contributed by atoms with E-state index in [4.69, 9.17) is 0 Å². The summed E-state index contributed by atoms with van der Waals surface area (Å²) in [7, 11) is 0. The van der Waals surface area contributed by atoms with E-state index in [0.717, 1.165) is 6.42 Å². The second kappa shape index (κ2) is 5.35. The molecule has 0 saturated heterocycles. The zero-order valence-electron chi connectivity index (χ0n) is 5.32. The van der Waals surface area contributed by atoms with Gasteiger partial charge in [-0.2, -0.15) is 0 Å². The van der Waals surface area contributed by atoms with Gasteiger partial charge in [0, 0.05) is 0 Å². The van der Waals surface area contributed by atoms with E-state index in [-0.39, 0.29) is 0 Å². The molecule has 0 spiro atoms. The zero-order valence-corrected chi connectivity index (χ0v) is 7.47. The van der Waals surface area contributed by atoms with Crippen LogP contribution < -0.4 is 0 Å². The molecule has 0 aromatic rings. The van der Waals surface area contributed by atoms with Crippen LogP contribution in [0.2, 0.25) is 0 Å². The minimum Gasteiger partial charge on any atom is -0.0821 e. The average molecular weight is 222 g/mol. The Morgan fingerprint density at radius 2 is 2.12 bits per heavy atom. The normalized spacial score (nSPS) is 9.88. The first kappa shape index (κ1) is 8.21. The molecule has 0 radical (unpaired) electrons. The van der Waals surface area contributed by atoms with E-state index in [2.05, 4.69) is 48.6 Å². The molecule has 0 aliphatic heterocycles. The van der Waals surface area contributed by atoms with Gasteiger partial charge >= 0.3 is 0 Å². The molecule has 0 fully saturated rings. The van der Waals surface area contributed by atoms with Crippen LogP contribution in [0.4, 0.5) is 0 Å². The van der Waals surface area contributed by atoms with Crippen LogP contribution in [0, 0.1) is 0 Å². The van der Waals surface area contributed by atoms with Crippen molar-refractivity contribution in [1.29, 1.82) is 0 Å². The molecule has 0 aliphatic rings. The molecule has 1 heteroatoms. The summed E-state index contributed by atoms with van der Waals surface area (Å²) in [5.41, 5.74) is 1.39. The molecule has 0 heterocycles. The Morgan fingerprint density at radius 1 is 1.50 bits per heavy atom. The highest BCUT2D eigenvalue weighted by atomic mass is 127. The van der Waals surface area contributed by atoms with Crippen molar-refractivity contribution in [2.75, 3.05) is 0 Å². The summed E-state index contributed by atoms with van der Waals surface area (Å²) in [4.78, 5) is 0. The Bertz CT molecular complexity index is 97.0. The lowest BCUT2D eigenvalue weighted by Gasteiger charge is -1.82. The van der Waals surface area contributed by atoms with E-state index < -0.39 is 0 Å². The first-order valence-electron chi connectivity index (χ1n) is 2.66. The topological polar surface area (TPSA) is 0 Å². The third kappa shape index (κ3) is 6.21. The van der Waals surface area contributed by atoms with Crippen molar-refractivity contribution < 1.29 is 0 Å². The Hall–Kier alpha value is 0.210. The van der Waals surface area contributed by atoms with Crippen LogP contribution in [0.1, 0.15) is 20.3 Å². The monoisotopic (exact) mass is 222 g/mol. The van der Waals surface area contributed by atoms with Gasteiger partial charge < -0.3 is 0 Å². The summed E-state index contributed by atoms with van der Waals surface area (Å²) >= 11 is 2.22. The second-order valence-electron chi connectivity index (χ2n) is 1.88. The standard InChI is InChI=1S/C7H11I/c1-7(2)5-3-4-6-8/h4-6H,3H2,1-2H3. The van der Waals surface area contributed by atoms with E-state index >= 15 is 0 Å². The van der Waals surface area contributed by atoms with E-state index in [1.54, 1.807) is 0 Å². The first-order chi connectivity index (χ1) is 3.77. The number of allylic oxidation sites excluding steroid dienone is 3. The largest absolute Gasteiger partial charge is 0.0821 e. The minimum atomic E-state index is 1.07. The molecule has 46 valence electrons. The van der Waals surface area contributed by atoms with E-state index in [9.17, 15) is 0 Å². The second-order valence-corrected chi connectivity index (χ2v) is 2.60. The third-order valence-electron chi connectivity index (χ3n) is 0.751. The Morgan fingerprint density at radius 3 is 2.50 bits per heavy atom. The number of rotatable bonds is 2. The van der Waals surface area contributed by atoms with Crippen LogP contribution in [-0.2, 0) is 0 Å². The van der Waals surface area contributed by atoms with Crippen molar-refractivity contribution >= 4 is 22.6 Å². The van der Waals surface area contributed by atoms with Gasteiger partial charge in [0.25, 0.3) is 0 Å². The molecule has 0 unspecified atom stereocenters. The van der Waals surface area contributed by atoms with Gasteiger partial charge in [0.2, 0.25) is 0 Å². The van der Waals surface area contributed by atoms with Gasteiger partial charge in [-0.3, -0.25) is 0 Å². The molecule has 8 heavy (non-hydrogen) atoms. The fraction of sp³-hybridized carbons (Fsp3) is 0.429. The summed E-state index contributed by atoms with van der Waals surface area (Å²) in [6.07, 6.45) is 5.41. The lowest BCUT2D eigenvalue weighted by molar-refractivity contribution is 1.28. The quantitative estimate of drug-likeness (QED) is 0.496. The van der Waals surface area contributed by atoms with Crippen LogP contribution in [0.5, 0.6) is 0 Å². The van der Waals surface area contributed by atoms with Crippen molar-refractivity contribution in [3.05, 3.63) is 21.8 Å². The van der Waals surface area contributed by atoms with Gasteiger partial charge in [-0.1, -0.05) is 40.3 Å². The predicted octanol–water partition coefficient (Wildman–Crippen LogP) is 3.29. The minimum absolute atomic E-state index is 1.07. The van der Waals surface area contributed by atoms with Crippen LogP contribution in [0.15, 0.2) is 21.8 Å². The predicted molar refractivity (Wildman–Crippen MR) is 47.2 cm³/mol. The van der Waals surface area contributed by atoms with E-state index in [1.165, 1.54) is 5.57 Å². The maximum absolute atomic E-state index is 2.22. The smallest absolute Gasteiger partial charge is 0.0159 e. The molecule has 0 rings (SSSR count). The molecule has 0 N–H and O–H groups in total. The Labute approximate surface area is 64.8 Å². The molecule has 0 aliphatic carbocycles. The molecule has 0 bridgehead atoms. The summed E-state index contributed by atoms with van der Waals surface area (Å²) in [5, 5.41) is 0. The van der Waals surface area contributed by atoms with Gasteiger partial charge in [0.15, 0.2) is 0 Å². The summed E-state index contributed by atoms with van der Waals surface area (Å²) in [5.74, 6) is 0. The van der Waals surface area contributed by atoms with Crippen LogP contribution in [0.3, 0.4) is 0 Å². The molecule has 0 nitrogen and oxygen atoms in total. The first-order valence-corrected chi connectivity index (χ1v) is 3.90. The van der Waals surface area contributed by atoms with Crippen LogP contribution in [-0.4, -0.2) is 0 Å². The lowest BCUT2D eigenvalue weighted by atomic mass is 10.3. The number of halogens is 1. The molecule has 0 saturated carbocycles. The highest BCUT2D eigenvalue weighted by Crippen LogP contribution is 1.95. The van der Waals surface area contributed by atoms with E-state index in [0.29, 0.717) is 0 Å².